The maximum absolute atomic E-state index is 14.6. The lowest BCUT2D eigenvalue weighted by atomic mass is 9.96. The second-order valence-corrected chi connectivity index (χ2v) is 7.47. The number of fused-ring (bicyclic) bond motifs is 1. The molecule has 0 spiro atoms. The Morgan fingerprint density at radius 3 is 2.72 bits per heavy atom. The van der Waals surface area contributed by atoms with Crippen molar-refractivity contribution in [1.82, 2.24) is 9.88 Å². The minimum absolute atomic E-state index is 0.125. The molecule has 1 aromatic heterocycles. The first-order valence-electron chi connectivity index (χ1n) is 9.61. The van der Waals surface area contributed by atoms with Crippen LogP contribution in [0.4, 0.5) is 20.7 Å². The van der Waals surface area contributed by atoms with Crippen molar-refractivity contribution in [3.05, 3.63) is 54.0 Å². The molecule has 1 aliphatic heterocycles. The van der Waals surface area contributed by atoms with Gasteiger partial charge in [-0.3, -0.25) is 0 Å². The number of anilines is 2. The normalized spacial score (nSPS) is 14.9. The first kappa shape index (κ1) is 19.0. The first-order valence-corrected chi connectivity index (χ1v) is 9.61. The van der Waals surface area contributed by atoms with Gasteiger partial charge in [-0.05, 0) is 55.2 Å². The van der Waals surface area contributed by atoms with Crippen LogP contribution in [0, 0.1) is 12.7 Å². The number of hydrogen-bond donors (Lipinski definition) is 3. The van der Waals surface area contributed by atoms with Gasteiger partial charge in [0.05, 0.1) is 0 Å². The molecule has 0 atom stereocenters. The van der Waals surface area contributed by atoms with E-state index in [2.05, 4.69) is 10.3 Å². The molecule has 4 N–H and O–H groups in total. The number of pyridine rings is 1. The summed E-state index contributed by atoms with van der Waals surface area (Å²) in [5.41, 5.74) is 8.94. The summed E-state index contributed by atoms with van der Waals surface area (Å²) in [5, 5.41) is 14.5. The highest BCUT2D eigenvalue weighted by Crippen LogP contribution is 2.35. The molecule has 150 valence electrons. The third-order valence-electron chi connectivity index (χ3n) is 5.49. The number of aryl methyl sites for hydroxylation is 1. The lowest BCUT2D eigenvalue weighted by molar-refractivity contribution is 0.134. The standard InChI is InChI=1S/C22H23FN4O2/c1-13-3-2-4-18(23)21(13)14-9-15-12-25-20(24)11-17(15)19(10-14)26-16-5-7-27(8-6-16)22(28)29/h2-4,9-12,16,26H,5-8H2,1H3,(H2,24,25)(H,28,29). The second kappa shape index (κ2) is 7.58. The molecule has 7 heteroatoms. The SMILES string of the molecule is Cc1cccc(F)c1-c1cc(NC2CCN(C(=O)O)CC2)c2cc(N)ncc2c1. The Morgan fingerprint density at radius 2 is 2.03 bits per heavy atom. The summed E-state index contributed by atoms with van der Waals surface area (Å²) in [6, 6.07) is 10.8. The van der Waals surface area contributed by atoms with E-state index in [1.807, 2.05) is 31.2 Å². The Labute approximate surface area is 168 Å². The van der Waals surface area contributed by atoms with Crippen LogP contribution in [0.5, 0.6) is 0 Å². The van der Waals surface area contributed by atoms with E-state index < -0.39 is 6.09 Å². The van der Waals surface area contributed by atoms with Crippen molar-refractivity contribution in [1.29, 1.82) is 0 Å². The predicted molar refractivity (Wildman–Crippen MR) is 113 cm³/mol. The highest BCUT2D eigenvalue weighted by molar-refractivity contribution is 5.98. The number of piperidine rings is 1. The molecule has 1 fully saturated rings. The van der Waals surface area contributed by atoms with Crippen molar-refractivity contribution >= 4 is 28.4 Å². The van der Waals surface area contributed by atoms with Gasteiger partial charge in [0.15, 0.2) is 0 Å². The lowest BCUT2D eigenvalue weighted by Gasteiger charge is -2.31. The number of aromatic nitrogens is 1. The molecular formula is C22H23FN4O2. The van der Waals surface area contributed by atoms with Crippen LogP contribution in [0.3, 0.4) is 0 Å². The number of nitrogens with one attached hydrogen (secondary N) is 1. The Morgan fingerprint density at radius 1 is 1.28 bits per heavy atom. The molecule has 0 unspecified atom stereocenters. The van der Waals surface area contributed by atoms with Gasteiger partial charge in [0.25, 0.3) is 0 Å². The number of nitrogens with two attached hydrogens (primary N) is 1. The lowest BCUT2D eigenvalue weighted by Crippen LogP contribution is -2.41. The third-order valence-corrected chi connectivity index (χ3v) is 5.49. The van der Waals surface area contributed by atoms with Crippen LogP contribution in [0.2, 0.25) is 0 Å². The van der Waals surface area contributed by atoms with Gasteiger partial charge in [0, 0.05) is 47.4 Å². The van der Waals surface area contributed by atoms with E-state index in [0.717, 1.165) is 27.6 Å². The van der Waals surface area contributed by atoms with Crippen LogP contribution in [0.1, 0.15) is 18.4 Å². The molecule has 29 heavy (non-hydrogen) atoms. The predicted octanol–water partition coefficient (Wildman–Crippen LogP) is 4.49. The average Bonchev–Trinajstić information content (AvgIpc) is 2.69. The number of rotatable bonds is 3. The van der Waals surface area contributed by atoms with Gasteiger partial charge in [-0.15, -0.1) is 0 Å². The van der Waals surface area contributed by atoms with Crippen molar-refractivity contribution < 1.29 is 14.3 Å². The fourth-order valence-corrected chi connectivity index (χ4v) is 3.97. The summed E-state index contributed by atoms with van der Waals surface area (Å²) in [6.45, 7) is 2.86. The largest absolute Gasteiger partial charge is 0.465 e. The molecular weight excluding hydrogens is 371 g/mol. The summed E-state index contributed by atoms with van der Waals surface area (Å²) >= 11 is 0. The zero-order valence-corrected chi connectivity index (χ0v) is 16.2. The van der Waals surface area contributed by atoms with E-state index in [0.29, 0.717) is 37.3 Å². The molecule has 1 saturated heterocycles. The molecule has 0 aliphatic carbocycles. The number of hydrogen-bond acceptors (Lipinski definition) is 4. The van der Waals surface area contributed by atoms with Gasteiger partial charge in [-0.1, -0.05) is 12.1 Å². The third kappa shape index (κ3) is 3.81. The first-order chi connectivity index (χ1) is 13.9. The molecule has 0 bridgehead atoms. The van der Waals surface area contributed by atoms with Gasteiger partial charge >= 0.3 is 6.09 Å². The maximum Gasteiger partial charge on any atom is 0.407 e. The van der Waals surface area contributed by atoms with Crippen LogP contribution >= 0.6 is 0 Å². The number of carbonyl (C=O) groups is 1. The van der Waals surface area contributed by atoms with Gasteiger partial charge in [-0.2, -0.15) is 0 Å². The molecule has 4 rings (SSSR count). The van der Waals surface area contributed by atoms with Crippen molar-refractivity contribution in [2.45, 2.75) is 25.8 Å². The number of carboxylic acid groups (broad SMARTS) is 1. The van der Waals surface area contributed by atoms with Gasteiger partial charge in [0.1, 0.15) is 11.6 Å². The molecule has 1 amide bonds. The number of amides is 1. The Hall–Kier alpha value is -3.35. The van der Waals surface area contributed by atoms with Crippen LogP contribution in [-0.2, 0) is 0 Å². The number of halogens is 1. The number of likely N-dealkylation sites (tertiary alicyclic amines) is 1. The summed E-state index contributed by atoms with van der Waals surface area (Å²) in [7, 11) is 0. The number of nitrogens with zero attached hydrogens (tertiary/aromatic N) is 2. The van der Waals surface area contributed by atoms with E-state index in [4.69, 9.17) is 10.8 Å². The van der Waals surface area contributed by atoms with Gasteiger partial charge < -0.3 is 21.1 Å². The molecule has 0 radical (unpaired) electrons. The fraction of sp³-hybridized carbons (Fsp3) is 0.273. The summed E-state index contributed by atoms with van der Waals surface area (Å²) < 4.78 is 14.6. The average molecular weight is 394 g/mol. The van der Waals surface area contributed by atoms with Crippen LogP contribution in [0.15, 0.2) is 42.6 Å². The minimum atomic E-state index is -0.884. The van der Waals surface area contributed by atoms with E-state index in [1.54, 1.807) is 12.3 Å². The van der Waals surface area contributed by atoms with E-state index >= 15 is 0 Å². The smallest absolute Gasteiger partial charge is 0.407 e. The second-order valence-electron chi connectivity index (χ2n) is 7.47. The Bertz CT molecular complexity index is 1060. The van der Waals surface area contributed by atoms with E-state index in [9.17, 15) is 9.18 Å². The van der Waals surface area contributed by atoms with Crippen molar-refractivity contribution in [3.63, 3.8) is 0 Å². The van der Waals surface area contributed by atoms with Gasteiger partial charge in [0.2, 0.25) is 0 Å². The maximum atomic E-state index is 14.6. The quantitative estimate of drug-likeness (QED) is 0.609. The number of benzene rings is 2. The monoisotopic (exact) mass is 394 g/mol. The Balaban J connectivity index is 1.74. The van der Waals surface area contributed by atoms with Gasteiger partial charge in [-0.25, -0.2) is 14.2 Å². The summed E-state index contributed by atoms with van der Waals surface area (Å²) in [6.07, 6.45) is 2.22. The highest BCUT2D eigenvalue weighted by atomic mass is 19.1. The molecule has 3 aromatic rings. The molecule has 6 nitrogen and oxygen atoms in total. The fourth-order valence-electron chi connectivity index (χ4n) is 3.97. The zero-order chi connectivity index (χ0) is 20.5. The van der Waals surface area contributed by atoms with Crippen LogP contribution in [-0.4, -0.2) is 40.2 Å². The summed E-state index contributed by atoms with van der Waals surface area (Å²) in [4.78, 5) is 16.8. The number of nitrogen functional groups attached to an aromatic ring is 1. The highest BCUT2D eigenvalue weighted by Gasteiger charge is 2.23. The molecule has 2 heterocycles. The molecule has 1 aliphatic rings. The van der Waals surface area contributed by atoms with Crippen LogP contribution in [0.25, 0.3) is 21.9 Å². The Kier molecular flexibility index (Phi) is 4.96. The van der Waals surface area contributed by atoms with E-state index in [-0.39, 0.29) is 11.9 Å². The topological polar surface area (TPSA) is 91.5 Å². The zero-order valence-electron chi connectivity index (χ0n) is 16.2. The minimum Gasteiger partial charge on any atom is -0.465 e. The van der Waals surface area contributed by atoms with E-state index in [1.165, 1.54) is 11.0 Å². The van der Waals surface area contributed by atoms with Crippen molar-refractivity contribution in [2.75, 3.05) is 24.1 Å². The van der Waals surface area contributed by atoms with Crippen LogP contribution < -0.4 is 11.1 Å². The van der Waals surface area contributed by atoms with Crippen molar-refractivity contribution in [2.24, 2.45) is 0 Å². The molecule has 0 saturated carbocycles. The molecule has 2 aromatic carbocycles. The van der Waals surface area contributed by atoms with Crippen molar-refractivity contribution in [3.8, 4) is 11.1 Å². The summed E-state index contributed by atoms with van der Waals surface area (Å²) in [5.74, 6) is 0.143.